The van der Waals surface area contributed by atoms with Crippen LogP contribution in [0.4, 0.5) is 0 Å². The average Bonchev–Trinajstić information content (AvgIpc) is 2.72. The summed E-state index contributed by atoms with van der Waals surface area (Å²) in [5, 5.41) is 0.633. The number of hydrogen-bond acceptors (Lipinski definition) is 6. The number of ether oxygens (including phenoxy) is 2. The Morgan fingerprint density at radius 1 is 1.20 bits per heavy atom. The number of nitrogens with two attached hydrogens (primary N) is 1. The molecule has 2 N–H and O–H groups in total. The predicted octanol–water partition coefficient (Wildman–Crippen LogP) is 4.54. The Morgan fingerprint density at radius 3 is 2.53 bits per heavy atom. The zero-order valence-corrected chi connectivity index (χ0v) is 19.8. The summed E-state index contributed by atoms with van der Waals surface area (Å²) in [5.74, 6) is 2.19. The number of methoxy groups -OCH3 is 1. The van der Waals surface area contributed by atoms with Crippen molar-refractivity contribution in [2.75, 3.05) is 26.8 Å². The second-order valence-corrected chi connectivity index (χ2v) is 9.21. The third kappa shape index (κ3) is 5.47. The highest BCUT2D eigenvalue weighted by molar-refractivity contribution is 6.65. The molecule has 1 unspecified atom stereocenters. The van der Waals surface area contributed by atoms with E-state index in [9.17, 15) is 0 Å². The van der Waals surface area contributed by atoms with Gasteiger partial charge in [-0.25, -0.2) is 4.99 Å². The largest absolute Gasteiger partial charge is 0.493 e. The Labute approximate surface area is 193 Å². The van der Waals surface area contributed by atoms with Crippen molar-refractivity contribution in [1.29, 1.82) is 0 Å². The first kappa shape index (κ1) is 23.3. The van der Waals surface area contributed by atoms with Gasteiger partial charge < -0.3 is 20.1 Å². The lowest BCUT2D eigenvalue weighted by Gasteiger charge is -2.42. The van der Waals surface area contributed by atoms with E-state index < -0.39 is 5.50 Å². The molecule has 6 nitrogen and oxygen atoms in total. The number of rotatable bonds is 7. The fraction of sp³-hybridized carbons (Fsp3) is 0.571. The van der Waals surface area contributed by atoms with Gasteiger partial charge in [0.25, 0.3) is 0 Å². The van der Waals surface area contributed by atoms with Crippen molar-refractivity contribution in [2.45, 2.75) is 44.8 Å². The molecule has 0 saturated carbocycles. The van der Waals surface area contributed by atoms with Gasteiger partial charge in [-0.2, -0.15) is 0 Å². The maximum absolute atomic E-state index is 6.47. The van der Waals surface area contributed by atoms with Crippen molar-refractivity contribution in [1.82, 2.24) is 9.80 Å². The monoisotopic (exact) mass is 474 g/mol. The first-order valence-corrected chi connectivity index (χ1v) is 11.3. The molecule has 2 aliphatic rings. The van der Waals surface area contributed by atoms with Crippen LogP contribution in [-0.4, -0.2) is 53.4 Å². The Bertz CT molecular complexity index is 807. The lowest BCUT2D eigenvalue weighted by Crippen LogP contribution is -2.50. The molecule has 0 aromatic heterocycles. The molecule has 1 aromatic carbocycles. The first-order chi connectivity index (χ1) is 14.3. The van der Waals surface area contributed by atoms with E-state index in [0.717, 1.165) is 44.0 Å². The molecule has 0 bridgehead atoms. The smallest absolute Gasteiger partial charge is 0.202 e. The summed E-state index contributed by atoms with van der Waals surface area (Å²) in [7, 11) is 1.66. The Kier molecular flexibility index (Phi) is 8.02. The second kappa shape index (κ2) is 10.3. The molecule has 0 amide bonds. The standard InChI is InChI=1S/C21H29Cl3N4O2/c1-13(2)12-30-17-10-14(4-5-16(17)29-3)11-27-8-6-15(7-9-27)28-19(23)18(22)20(25)26-21(28)24/h4-5,10,13,15,19H,6-9,11-12,25H2,1-3H3. The van der Waals surface area contributed by atoms with Gasteiger partial charge in [0.15, 0.2) is 11.5 Å². The quantitative estimate of drug-likeness (QED) is 0.463. The Hall–Kier alpha value is -1.34. The fourth-order valence-corrected chi connectivity index (χ4v) is 4.57. The number of piperidine rings is 1. The molecule has 9 heteroatoms. The van der Waals surface area contributed by atoms with Crippen molar-refractivity contribution in [3.63, 3.8) is 0 Å². The molecule has 0 spiro atoms. The third-order valence-electron chi connectivity index (χ3n) is 5.28. The van der Waals surface area contributed by atoms with Gasteiger partial charge in [0, 0.05) is 25.7 Å². The van der Waals surface area contributed by atoms with Crippen molar-refractivity contribution >= 4 is 40.1 Å². The molecule has 1 saturated heterocycles. The van der Waals surface area contributed by atoms with Gasteiger partial charge in [0.2, 0.25) is 5.29 Å². The lowest BCUT2D eigenvalue weighted by molar-refractivity contribution is 0.147. The van der Waals surface area contributed by atoms with Gasteiger partial charge in [0.05, 0.1) is 18.7 Å². The molecule has 166 valence electrons. The number of alkyl halides is 1. The normalized spacial score (nSPS) is 21.2. The zero-order valence-electron chi connectivity index (χ0n) is 17.6. The van der Waals surface area contributed by atoms with Gasteiger partial charge in [0.1, 0.15) is 11.3 Å². The third-order valence-corrected chi connectivity index (χ3v) is 6.50. The van der Waals surface area contributed by atoms with E-state index in [2.05, 4.69) is 35.9 Å². The fourth-order valence-electron chi connectivity index (χ4n) is 3.69. The molecule has 1 atom stereocenters. The van der Waals surface area contributed by atoms with Crippen molar-refractivity contribution < 1.29 is 9.47 Å². The van der Waals surface area contributed by atoms with Gasteiger partial charge in [-0.15, -0.1) is 0 Å². The molecule has 2 heterocycles. The molecular formula is C21H29Cl3N4O2. The molecule has 0 radical (unpaired) electrons. The zero-order chi connectivity index (χ0) is 21.8. The molecule has 0 aliphatic carbocycles. The minimum atomic E-state index is -0.574. The van der Waals surface area contributed by atoms with Crippen LogP contribution < -0.4 is 15.2 Å². The summed E-state index contributed by atoms with van der Waals surface area (Å²) in [6.45, 7) is 7.59. The maximum atomic E-state index is 6.47. The van der Waals surface area contributed by atoms with E-state index in [1.807, 2.05) is 11.0 Å². The summed E-state index contributed by atoms with van der Waals surface area (Å²) in [6.07, 6.45) is 1.82. The van der Waals surface area contributed by atoms with Crippen LogP contribution in [0, 0.1) is 5.92 Å². The van der Waals surface area contributed by atoms with Gasteiger partial charge in [-0.1, -0.05) is 43.1 Å². The number of benzene rings is 1. The molecule has 30 heavy (non-hydrogen) atoms. The lowest BCUT2D eigenvalue weighted by atomic mass is 10.0. The second-order valence-electron chi connectivity index (χ2n) is 8.05. The van der Waals surface area contributed by atoms with E-state index in [0.29, 0.717) is 22.9 Å². The van der Waals surface area contributed by atoms with E-state index in [-0.39, 0.29) is 11.9 Å². The van der Waals surface area contributed by atoms with Crippen LogP contribution in [0.25, 0.3) is 0 Å². The number of amidine groups is 1. The van der Waals surface area contributed by atoms with E-state index in [1.165, 1.54) is 5.56 Å². The van der Waals surface area contributed by atoms with Crippen LogP contribution in [0.2, 0.25) is 0 Å². The Balaban J connectivity index is 1.60. The van der Waals surface area contributed by atoms with E-state index in [4.69, 9.17) is 50.0 Å². The highest BCUT2D eigenvalue weighted by atomic mass is 35.5. The summed E-state index contributed by atoms with van der Waals surface area (Å²) >= 11 is 19.0. The highest BCUT2D eigenvalue weighted by Crippen LogP contribution is 2.33. The number of hydrogen-bond donors (Lipinski definition) is 1. The van der Waals surface area contributed by atoms with Gasteiger partial charge in [-0.3, -0.25) is 4.90 Å². The average molecular weight is 476 g/mol. The van der Waals surface area contributed by atoms with Gasteiger partial charge in [-0.05, 0) is 48.1 Å². The molecule has 1 fully saturated rings. The maximum Gasteiger partial charge on any atom is 0.202 e. The molecular weight excluding hydrogens is 447 g/mol. The van der Waals surface area contributed by atoms with Crippen molar-refractivity contribution in [2.24, 2.45) is 16.6 Å². The number of nitrogens with zero attached hydrogens (tertiary/aromatic N) is 3. The SMILES string of the molecule is COc1ccc(CN2CCC(N3C(Cl)=NC(N)=C(Cl)C3Cl)CC2)cc1OCC(C)C. The van der Waals surface area contributed by atoms with E-state index in [1.54, 1.807) is 7.11 Å². The predicted molar refractivity (Wildman–Crippen MR) is 123 cm³/mol. The molecule has 2 aliphatic heterocycles. The summed E-state index contributed by atoms with van der Waals surface area (Å²) in [6, 6.07) is 6.30. The van der Waals surface area contributed by atoms with Crippen LogP contribution in [0.3, 0.4) is 0 Å². The van der Waals surface area contributed by atoms with E-state index >= 15 is 0 Å². The molecule has 1 aromatic rings. The van der Waals surface area contributed by atoms with Crippen LogP contribution in [0.1, 0.15) is 32.3 Å². The topological polar surface area (TPSA) is 63.3 Å². The van der Waals surface area contributed by atoms with Crippen LogP contribution >= 0.6 is 34.8 Å². The van der Waals surface area contributed by atoms with Crippen LogP contribution in [0.15, 0.2) is 34.0 Å². The van der Waals surface area contributed by atoms with Crippen LogP contribution in [0.5, 0.6) is 11.5 Å². The number of aliphatic imine (C=N–C) groups is 1. The molecule has 3 rings (SSSR count). The first-order valence-electron chi connectivity index (χ1n) is 10.1. The Morgan fingerprint density at radius 2 is 1.90 bits per heavy atom. The minimum Gasteiger partial charge on any atom is -0.493 e. The summed E-state index contributed by atoms with van der Waals surface area (Å²) in [4.78, 5) is 8.40. The van der Waals surface area contributed by atoms with Crippen LogP contribution in [-0.2, 0) is 6.54 Å². The number of likely N-dealkylation sites (tertiary alicyclic amines) is 1. The van der Waals surface area contributed by atoms with Gasteiger partial charge >= 0.3 is 0 Å². The van der Waals surface area contributed by atoms with Crippen molar-refractivity contribution in [3.05, 3.63) is 34.6 Å². The van der Waals surface area contributed by atoms with Crippen molar-refractivity contribution in [3.8, 4) is 11.5 Å². The summed E-state index contributed by atoms with van der Waals surface area (Å²) < 4.78 is 11.4. The minimum absolute atomic E-state index is 0.169. The highest BCUT2D eigenvalue weighted by Gasteiger charge is 2.35. The number of halogens is 3. The summed E-state index contributed by atoms with van der Waals surface area (Å²) in [5.41, 5.74) is 6.39.